The number of methoxy groups -OCH3 is 2. The van der Waals surface area contributed by atoms with E-state index in [0.717, 1.165) is 29.5 Å². The van der Waals surface area contributed by atoms with Crippen molar-refractivity contribution in [3.8, 4) is 23.0 Å². The summed E-state index contributed by atoms with van der Waals surface area (Å²) >= 11 is 0. The minimum Gasteiger partial charge on any atom is -0.508 e. The molecule has 0 spiro atoms. The van der Waals surface area contributed by atoms with Crippen LogP contribution in [0.2, 0.25) is 0 Å². The zero-order valence-corrected chi connectivity index (χ0v) is 14.4. The van der Waals surface area contributed by atoms with Crippen LogP contribution in [-0.4, -0.2) is 24.4 Å². The molecule has 0 saturated heterocycles. The first kappa shape index (κ1) is 17.9. The van der Waals surface area contributed by atoms with Crippen LogP contribution in [0.25, 0.3) is 0 Å². The van der Waals surface area contributed by atoms with Gasteiger partial charge >= 0.3 is 0 Å². The molecule has 0 aliphatic rings. The molecule has 130 valence electrons. The standard InChI is InChI=1S/C19H25NO4/c1-4-5-14(15-7-6-13(21)10-17(15)22)12-8-18(23-2)16(11-20)19(9-12)24-3/h6-10,14,21-22H,4-5,11,20H2,1-3H3. The third-order valence-electron chi connectivity index (χ3n) is 4.20. The topological polar surface area (TPSA) is 84.9 Å². The van der Waals surface area contributed by atoms with Crippen molar-refractivity contribution in [3.05, 3.63) is 47.0 Å². The van der Waals surface area contributed by atoms with E-state index in [-0.39, 0.29) is 17.4 Å². The number of phenolic OH excluding ortho intramolecular Hbond substituents is 2. The van der Waals surface area contributed by atoms with Gasteiger partial charge in [-0.1, -0.05) is 19.4 Å². The summed E-state index contributed by atoms with van der Waals surface area (Å²) in [6, 6.07) is 8.58. The van der Waals surface area contributed by atoms with E-state index in [2.05, 4.69) is 6.92 Å². The highest BCUT2D eigenvalue weighted by Crippen LogP contribution is 2.40. The molecule has 0 aromatic heterocycles. The van der Waals surface area contributed by atoms with Crippen molar-refractivity contribution in [1.29, 1.82) is 0 Å². The van der Waals surface area contributed by atoms with Crippen LogP contribution in [0.5, 0.6) is 23.0 Å². The molecule has 2 aromatic rings. The maximum absolute atomic E-state index is 10.3. The fourth-order valence-electron chi connectivity index (χ4n) is 3.02. The van der Waals surface area contributed by atoms with Gasteiger partial charge < -0.3 is 25.4 Å². The molecule has 0 heterocycles. The summed E-state index contributed by atoms with van der Waals surface area (Å²) in [4.78, 5) is 0. The molecular formula is C19H25NO4. The molecular weight excluding hydrogens is 306 g/mol. The van der Waals surface area contributed by atoms with Gasteiger partial charge in [0, 0.05) is 29.7 Å². The Morgan fingerprint density at radius 2 is 1.67 bits per heavy atom. The average molecular weight is 331 g/mol. The van der Waals surface area contributed by atoms with Crippen molar-refractivity contribution < 1.29 is 19.7 Å². The minimum absolute atomic E-state index is 0.0368. The van der Waals surface area contributed by atoms with Crippen molar-refractivity contribution >= 4 is 0 Å². The number of benzene rings is 2. The van der Waals surface area contributed by atoms with E-state index in [4.69, 9.17) is 15.2 Å². The Labute approximate surface area is 142 Å². The van der Waals surface area contributed by atoms with Crippen LogP contribution < -0.4 is 15.2 Å². The lowest BCUT2D eigenvalue weighted by atomic mass is 9.86. The molecule has 24 heavy (non-hydrogen) atoms. The molecule has 1 unspecified atom stereocenters. The van der Waals surface area contributed by atoms with Gasteiger partial charge in [0.25, 0.3) is 0 Å². The second-order valence-corrected chi connectivity index (χ2v) is 5.69. The second kappa shape index (κ2) is 7.93. The van der Waals surface area contributed by atoms with Gasteiger partial charge in [-0.25, -0.2) is 0 Å². The van der Waals surface area contributed by atoms with E-state index < -0.39 is 0 Å². The van der Waals surface area contributed by atoms with Gasteiger partial charge in [0.2, 0.25) is 0 Å². The third-order valence-corrected chi connectivity index (χ3v) is 4.20. The van der Waals surface area contributed by atoms with Gasteiger partial charge in [-0.3, -0.25) is 0 Å². The Balaban J connectivity index is 2.59. The van der Waals surface area contributed by atoms with Crippen LogP contribution >= 0.6 is 0 Å². The van der Waals surface area contributed by atoms with E-state index in [1.807, 2.05) is 12.1 Å². The maximum Gasteiger partial charge on any atom is 0.127 e. The molecule has 0 radical (unpaired) electrons. The molecule has 5 nitrogen and oxygen atoms in total. The molecule has 0 aliphatic heterocycles. The molecule has 0 saturated carbocycles. The summed E-state index contributed by atoms with van der Waals surface area (Å²) < 4.78 is 10.9. The number of nitrogens with two attached hydrogens (primary N) is 1. The molecule has 4 N–H and O–H groups in total. The third kappa shape index (κ3) is 3.57. The van der Waals surface area contributed by atoms with Gasteiger partial charge in [0.05, 0.1) is 14.2 Å². The van der Waals surface area contributed by atoms with Crippen molar-refractivity contribution in [2.45, 2.75) is 32.2 Å². The van der Waals surface area contributed by atoms with Crippen molar-refractivity contribution in [3.63, 3.8) is 0 Å². The van der Waals surface area contributed by atoms with Crippen molar-refractivity contribution in [1.82, 2.24) is 0 Å². The lowest BCUT2D eigenvalue weighted by Gasteiger charge is -2.22. The second-order valence-electron chi connectivity index (χ2n) is 5.69. The van der Waals surface area contributed by atoms with Crippen LogP contribution in [0.1, 0.15) is 42.4 Å². The Bertz CT molecular complexity index is 675. The Hall–Kier alpha value is -2.40. The first-order chi connectivity index (χ1) is 11.5. The fraction of sp³-hybridized carbons (Fsp3) is 0.368. The predicted molar refractivity (Wildman–Crippen MR) is 94.0 cm³/mol. The highest BCUT2D eigenvalue weighted by atomic mass is 16.5. The van der Waals surface area contributed by atoms with Crippen molar-refractivity contribution in [2.24, 2.45) is 5.73 Å². The van der Waals surface area contributed by atoms with Gasteiger partial charge in [0.15, 0.2) is 0 Å². The van der Waals surface area contributed by atoms with Crippen LogP contribution in [0, 0.1) is 0 Å². The van der Waals surface area contributed by atoms with Crippen LogP contribution in [0.4, 0.5) is 0 Å². The predicted octanol–water partition coefficient (Wildman–Crippen LogP) is 3.51. The zero-order chi connectivity index (χ0) is 17.7. The van der Waals surface area contributed by atoms with E-state index in [1.165, 1.54) is 6.07 Å². The molecule has 1 atom stereocenters. The maximum atomic E-state index is 10.3. The molecule has 0 amide bonds. The first-order valence-corrected chi connectivity index (χ1v) is 8.02. The van der Waals surface area contributed by atoms with Gasteiger partial charge in [0.1, 0.15) is 23.0 Å². The number of hydrogen-bond donors (Lipinski definition) is 3. The molecule has 0 aliphatic carbocycles. The molecule has 2 aromatic carbocycles. The van der Waals surface area contributed by atoms with Gasteiger partial charge in [-0.05, 0) is 30.2 Å². The Kier molecular flexibility index (Phi) is 5.93. The van der Waals surface area contributed by atoms with E-state index in [0.29, 0.717) is 18.0 Å². The Morgan fingerprint density at radius 1 is 1.04 bits per heavy atom. The number of rotatable bonds is 7. The minimum atomic E-state index is -0.0368. The SMILES string of the molecule is CCCC(c1cc(OC)c(CN)c(OC)c1)c1ccc(O)cc1O. The van der Waals surface area contributed by atoms with E-state index >= 15 is 0 Å². The lowest BCUT2D eigenvalue weighted by Crippen LogP contribution is -2.07. The summed E-state index contributed by atoms with van der Waals surface area (Å²) in [5.74, 6) is 1.43. The van der Waals surface area contributed by atoms with E-state index in [1.54, 1.807) is 26.4 Å². The smallest absolute Gasteiger partial charge is 0.127 e. The highest BCUT2D eigenvalue weighted by Gasteiger charge is 2.21. The molecule has 2 rings (SSSR count). The summed E-state index contributed by atoms with van der Waals surface area (Å²) in [6.45, 7) is 2.41. The fourth-order valence-corrected chi connectivity index (χ4v) is 3.02. The number of ether oxygens (including phenoxy) is 2. The van der Waals surface area contributed by atoms with E-state index in [9.17, 15) is 10.2 Å². The van der Waals surface area contributed by atoms with Crippen LogP contribution in [0.3, 0.4) is 0 Å². The number of aromatic hydroxyl groups is 2. The highest BCUT2D eigenvalue weighted by molar-refractivity contribution is 5.52. The molecule has 0 bridgehead atoms. The zero-order valence-electron chi connectivity index (χ0n) is 14.4. The summed E-state index contributed by atoms with van der Waals surface area (Å²) in [5.41, 5.74) is 8.36. The monoisotopic (exact) mass is 331 g/mol. The van der Waals surface area contributed by atoms with Crippen molar-refractivity contribution in [2.75, 3.05) is 14.2 Å². The quantitative estimate of drug-likeness (QED) is 0.723. The normalized spacial score (nSPS) is 12.0. The largest absolute Gasteiger partial charge is 0.508 e. The summed E-state index contributed by atoms with van der Waals surface area (Å²) in [5, 5.41) is 19.8. The first-order valence-electron chi connectivity index (χ1n) is 8.02. The lowest BCUT2D eigenvalue weighted by molar-refractivity contribution is 0.384. The average Bonchev–Trinajstić information content (AvgIpc) is 2.59. The summed E-state index contributed by atoms with van der Waals surface area (Å²) in [7, 11) is 3.20. The van der Waals surface area contributed by atoms with Crippen LogP contribution in [-0.2, 0) is 6.54 Å². The van der Waals surface area contributed by atoms with Crippen LogP contribution in [0.15, 0.2) is 30.3 Å². The number of phenols is 2. The molecule has 5 heteroatoms. The van der Waals surface area contributed by atoms with Gasteiger partial charge in [-0.15, -0.1) is 0 Å². The summed E-state index contributed by atoms with van der Waals surface area (Å²) in [6.07, 6.45) is 1.78. The number of hydrogen-bond acceptors (Lipinski definition) is 5. The van der Waals surface area contributed by atoms with Gasteiger partial charge in [-0.2, -0.15) is 0 Å². The Morgan fingerprint density at radius 3 is 2.12 bits per heavy atom. The molecule has 0 fully saturated rings.